The smallest absolute Gasteiger partial charge is 0.343 e. The molecule has 2 unspecified atom stereocenters. The van der Waals surface area contributed by atoms with E-state index in [0.717, 1.165) is 213 Å². The third-order valence-electron chi connectivity index (χ3n) is 27.1. The zero-order chi connectivity index (χ0) is 90.9. The van der Waals surface area contributed by atoms with Crippen LogP contribution in [-0.4, -0.2) is 57.9 Å². The molecular weight excluding hydrogens is 1630 g/mol. The summed E-state index contributed by atoms with van der Waals surface area (Å²) >= 11 is 0. The maximum atomic E-state index is 12.9. The predicted octanol–water partition coefficient (Wildman–Crippen LogP) is 31.7. The van der Waals surface area contributed by atoms with Crippen LogP contribution in [0.5, 0.6) is 40.2 Å². The molecule has 4 aliphatic rings. The van der Waals surface area contributed by atoms with Crippen LogP contribution < -0.4 is 43.0 Å². The second-order valence-electron chi connectivity index (χ2n) is 36.8. The van der Waals surface area contributed by atoms with Gasteiger partial charge in [-0.05, 0) is 263 Å². The number of carbonyl (C=O) groups is 2. The number of anilines is 2. The number of carbonyl (C=O) groups excluding carboxylic acids is 2. The maximum absolute atomic E-state index is 12.9. The molecule has 13 aromatic carbocycles. The van der Waals surface area contributed by atoms with E-state index in [1.54, 1.807) is 12.1 Å². The van der Waals surface area contributed by atoms with Gasteiger partial charge in [0.1, 0.15) is 40.2 Å². The molecule has 0 aliphatic carbocycles. The van der Waals surface area contributed by atoms with Gasteiger partial charge in [-0.15, -0.1) is 0 Å². The molecule has 0 N–H and O–H groups in total. The lowest BCUT2D eigenvalue weighted by atomic mass is 9.82. The minimum atomic E-state index is -0.862. The summed E-state index contributed by atoms with van der Waals surface area (Å²) in [6.45, 7) is 20.0. The first-order valence-electron chi connectivity index (χ1n) is 49.5. The van der Waals surface area contributed by atoms with Crippen LogP contribution in [0.15, 0.2) is 291 Å². The summed E-state index contributed by atoms with van der Waals surface area (Å²) in [5.74, 6) is 6.28. The topological polar surface area (TPSA) is 105 Å². The molecule has 4 aliphatic heterocycles. The second-order valence-corrected chi connectivity index (χ2v) is 36.8. The van der Waals surface area contributed by atoms with Crippen LogP contribution in [0.2, 0.25) is 0 Å². The van der Waals surface area contributed by atoms with Crippen molar-refractivity contribution in [3.8, 4) is 84.8 Å². The number of fused-ring (bicyclic) bond motifs is 6. The highest BCUT2D eigenvalue weighted by atomic mass is 16.5. The van der Waals surface area contributed by atoms with Gasteiger partial charge < -0.3 is 43.0 Å². The molecule has 0 aromatic heterocycles. The molecule has 0 saturated carbocycles. The summed E-state index contributed by atoms with van der Waals surface area (Å²) in [6.07, 6.45) is 36.9. The van der Waals surface area contributed by atoms with Crippen LogP contribution in [0.3, 0.4) is 0 Å². The maximum Gasteiger partial charge on any atom is 0.343 e. The Kier molecular flexibility index (Phi) is 31.9. The Labute approximate surface area is 784 Å². The van der Waals surface area contributed by atoms with Crippen LogP contribution in [0.1, 0.15) is 239 Å². The first kappa shape index (κ1) is 92.7. The van der Waals surface area contributed by atoms with Crippen LogP contribution in [0, 0.1) is 11.8 Å². The third kappa shape index (κ3) is 22.9. The molecule has 0 spiro atoms. The average Bonchev–Trinajstić information content (AvgIpc) is 0.732. The number of piperidine rings is 2. The Morgan fingerprint density at radius 3 is 1.02 bits per heavy atom. The summed E-state index contributed by atoms with van der Waals surface area (Å²) in [4.78, 5) is 30.6. The van der Waals surface area contributed by atoms with Gasteiger partial charge in [0.15, 0.2) is 11.2 Å². The fraction of sp³-hybridized carbons (Fsp3) is 0.339. The van der Waals surface area contributed by atoms with Crippen LogP contribution >= 0.6 is 0 Å². The lowest BCUT2D eigenvalue weighted by Gasteiger charge is -2.37. The number of unbranched alkanes of at least 4 members (excludes halogenated alkanes) is 15. The minimum absolute atomic E-state index is 0.152. The summed E-state index contributed by atoms with van der Waals surface area (Å²) in [6, 6.07) is 97.0. The number of esters is 2. The van der Waals surface area contributed by atoms with Gasteiger partial charge in [-0.25, -0.2) is 4.79 Å². The number of hydrogen-bond acceptors (Lipinski definition) is 11. The van der Waals surface area contributed by atoms with Gasteiger partial charge in [0.2, 0.25) is 0 Å². The Bertz CT molecular complexity index is 5950. The van der Waals surface area contributed by atoms with Crippen molar-refractivity contribution >= 4 is 57.0 Å². The summed E-state index contributed by atoms with van der Waals surface area (Å²) in [5, 5.41) is 4.64. The molecular formula is C121H132N2O9. The number of nitrogens with zero attached hydrogens (tertiary/aromatic N) is 2. The Hall–Kier alpha value is -12.6. The number of rotatable bonds is 39. The SMILES string of the molecule is CCCCCCCCCCCC(=O)Oc1ccc(-c2ccc(-c3cc4c(c5ccccc35)C=CC(c3ccc(OCCCCCC)cc3)(c3ccc(N5CCC(C)CC5)cc3)O4)cc2)cc1.CCCCCCOc1ccc(C2(c3ccc(N4CCC(C)CC4)cc3)C=Cc3c(cc(-c4ccc(-c5ccc(OC(=O)c6ccc(OCCCC)cc6)cc5)cc4)c4ccccc34)O2)cc1. The molecule has 0 amide bonds. The fourth-order valence-corrected chi connectivity index (χ4v) is 19.0. The van der Waals surface area contributed by atoms with Gasteiger partial charge >= 0.3 is 11.9 Å². The quantitative estimate of drug-likeness (QED) is 0.0209. The van der Waals surface area contributed by atoms with Crippen molar-refractivity contribution in [1.29, 1.82) is 0 Å². The van der Waals surface area contributed by atoms with Crippen LogP contribution in [0.4, 0.5) is 11.4 Å². The number of ether oxygens (including phenoxy) is 7. The standard InChI is InChI=1S/C61H71NO4.C60H61NO5/c1-4-6-8-10-11-12-13-14-15-21-60(63)65-54-34-26-48(27-35-54)47-22-24-49(25-23-47)58-45-59-57(55-19-16-17-20-56(55)58)38-41-61(66-59,51-30-36-53(37-31-51)64-44-18-9-7-5-2)50-28-32-52(33-29-50)62-42-39-46(3)40-43-62;1-4-6-8-11-41-64-52-32-24-49(25-33-52)60(48-22-26-50(27-23-48)61-38-35-43(3)36-39-61)37-34-56-54-12-9-10-13-55(54)57(42-58(56)66-60)46-16-14-44(15-17-46)45-18-30-53(31-19-45)65-59(62)47-20-28-51(29-21-47)63-40-7-5-2/h16-17,19-20,22-38,41,45-46H,4-15,18,21,39-40,42-44H2,1-3H3;9-10,12-34,37,42-43H,4-8,11,35-36,38-41H2,1-3H3. The van der Waals surface area contributed by atoms with E-state index in [0.29, 0.717) is 30.1 Å². The summed E-state index contributed by atoms with van der Waals surface area (Å²) in [7, 11) is 0. The van der Waals surface area contributed by atoms with Crippen molar-refractivity contribution in [2.75, 3.05) is 55.8 Å². The Morgan fingerprint density at radius 2 is 0.636 bits per heavy atom. The lowest BCUT2D eigenvalue weighted by molar-refractivity contribution is -0.134. The molecule has 17 rings (SSSR count). The first-order chi connectivity index (χ1) is 64.8. The summed E-state index contributed by atoms with van der Waals surface area (Å²) < 4.78 is 44.4. The van der Waals surface area contributed by atoms with E-state index in [2.05, 4.69) is 282 Å². The third-order valence-corrected chi connectivity index (χ3v) is 27.1. The van der Waals surface area contributed by atoms with Crippen molar-refractivity contribution in [2.45, 2.75) is 207 Å². The highest BCUT2D eigenvalue weighted by molar-refractivity contribution is 6.05. The molecule has 680 valence electrons. The molecule has 13 aromatic rings. The second kappa shape index (κ2) is 45.5. The predicted molar refractivity (Wildman–Crippen MR) is 546 cm³/mol. The van der Waals surface area contributed by atoms with Gasteiger partial charge in [0.25, 0.3) is 0 Å². The van der Waals surface area contributed by atoms with Crippen molar-refractivity contribution in [2.24, 2.45) is 11.8 Å². The molecule has 11 nitrogen and oxygen atoms in total. The normalized spacial score (nSPS) is 15.9. The van der Waals surface area contributed by atoms with E-state index in [-0.39, 0.29) is 5.97 Å². The van der Waals surface area contributed by atoms with Gasteiger partial charge in [0, 0.05) is 77.4 Å². The fourth-order valence-electron chi connectivity index (χ4n) is 19.0. The zero-order valence-corrected chi connectivity index (χ0v) is 78.5. The number of hydrogen-bond donors (Lipinski definition) is 0. The molecule has 0 radical (unpaired) electrons. The Morgan fingerprint density at radius 1 is 0.326 bits per heavy atom. The van der Waals surface area contributed by atoms with Crippen molar-refractivity contribution < 1.29 is 42.7 Å². The molecule has 2 saturated heterocycles. The highest BCUT2D eigenvalue weighted by Crippen LogP contribution is 2.51. The van der Waals surface area contributed by atoms with E-state index in [1.165, 1.54) is 126 Å². The van der Waals surface area contributed by atoms with Crippen molar-refractivity contribution in [3.05, 3.63) is 330 Å². The van der Waals surface area contributed by atoms with Gasteiger partial charge in [-0.1, -0.05) is 308 Å². The van der Waals surface area contributed by atoms with Crippen LogP contribution in [-0.2, 0) is 16.0 Å². The van der Waals surface area contributed by atoms with E-state index < -0.39 is 17.2 Å². The van der Waals surface area contributed by atoms with Gasteiger partial charge in [-0.3, -0.25) is 4.79 Å². The lowest BCUT2D eigenvalue weighted by Crippen LogP contribution is -2.35. The first-order valence-corrected chi connectivity index (χ1v) is 49.5. The number of benzene rings is 13. The monoisotopic (exact) mass is 1760 g/mol. The van der Waals surface area contributed by atoms with E-state index in [1.807, 2.05) is 60.7 Å². The van der Waals surface area contributed by atoms with Crippen molar-refractivity contribution in [3.63, 3.8) is 0 Å². The molecule has 4 heterocycles. The van der Waals surface area contributed by atoms with E-state index >= 15 is 0 Å². The molecule has 0 bridgehead atoms. The summed E-state index contributed by atoms with van der Waals surface area (Å²) in [5.41, 5.74) is 16.4. The average molecular weight is 1760 g/mol. The molecule has 2 atom stereocenters. The van der Waals surface area contributed by atoms with E-state index in [4.69, 9.17) is 33.2 Å². The van der Waals surface area contributed by atoms with E-state index in [9.17, 15) is 9.59 Å². The van der Waals surface area contributed by atoms with Gasteiger partial charge in [-0.2, -0.15) is 0 Å². The largest absolute Gasteiger partial charge is 0.494 e. The van der Waals surface area contributed by atoms with Crippen molar-refractivity contribution in [1.82, 2.24) is 0 Å². The molecule has 2 fully saturated rings. The highest BCUT2D eigenvalue weighted by Gasteiger charge is 2.41. The van der Waals surface area contributed by atoms with Crippen LogP contribution in [0.25, 0.3) is 78.2 Å². The molecule has 132 heavy (non-hydrogen) atoms. The minimum Gasteiger partial charge on any atom is -0.494 e. The zero-order valence-electron chi connectivity index (χ0n) is 78.5. The van der Waals surface area contributed by atoms with Gasteiger partial charge in [0.05, 0.1) is 25.4 Å². The molecule has 11 heteroatoms. The Balaban J connectivity index is 0.000000193.